The molecule has 5 rings (SSSR count). The number of aliphatic hydroxyl groups excluding tert-OH is 1. The van der Waals surface area contributed by atoms with Crippen LogP contribution in [0.1, 0.15) is 42.0 Å². The summed E-state index contributed by atoms with van der Waals surface area (Å²) < 4.78 is 5.47. The van der Waals surface area contributed by atoms with Gasteiger partial charge in [-0.15, -0.1) is 0 Å². The Kier molecular flexibility index (Phi) is 5.86. The normalized spacial score (nSPS) is 25.0. The number of fused-ring (bicyclic) bond motifs is 3. The van der Waals surface area contributed by atoms with Gasteiger partial charge < -0.3 is 19.6 Å². The number of benzene rings is 1. The SMILES string of the molecule is CN1c2ccc(C#Cc3cccnc3)cc2[C@@H]2[C@@H](CCN2C(=O)C2CCOCC2)[C@H]1CO. The lowest BCUT2D eigenvalue weighted by Crippen LogP contribution is -2.49. The maximum absolute atomic E-state index is 13.5. The number of pyridine rings is 1. The minimum absolute atomic E-state index is 0.00677. The molecule has 3 aliphatic rings. The zero-order valence-corrected chi connectivity index (χ0v) is 18.4. The third kappa shape index (κ3) is 3.76. The molecule has 2 fully saturated rings. The van der Waals surface area contributed by atoms with Crippen molar-refractivity contribution in [1.82, 2.24) is 9.88 Å². The predicted molar refractivity (Wildman–Crippen MR) is 122 cm³/mol. The number of anilines is 1. The van der Waals surface area contributed by atoms with Gasteiger partial charge in [0.2, 0.25) is 5.91 Å². The molecule has 0 bridgehead atoms. The van der Waals surface area contributed by atoms with E-state index < -0.39 is 0 Å². The molecule has 1 aromatic carbocycles. The van der Waals surface area contributed by atoms with Gasteiger partial charge in [0, 0.05) is 67.8 Å². The average Bonchev–Trinajstić information content (AvgIpc) is 3.29. The molecule has 1 aromatic heterocycles. The van der Waals surface area contributed by atoms with Crippen LogP contribution >= 0.6 is 0 Å². The van der Waals surface area contributed by atoms with Crippen LogP contribution in [-0.4, -0.2) is 60.4 Å². The largest absolute Gasteiger partial charge is 0.394 e. The Bertz CT molecular complexity index is 1040. The highest BCUT2D eigenvalue weighted by atomic mass is 16.5. The standard InChI is InChI=1S/C26H29N3O3/c1-28-23-7-6-18(4-5-19-3-2-11-27-16-19)15-22(23)25-21(24(28)17-30)8-12-29(25)26(31)20-9-13-32-14-10-20/h2-3,6-7,11,15-16,20-21,24-25,30H,8-10,12-14,17H2,1H3/t21-,24+,25-/m0/s1. The number of likely N-dealkylation sites (tertiary alicyclic amines) is 1. The number of likely N-dealkylation sites (N-methyl/N-ethyl adjacent to an activating group) is 1. The molecule has 2 saturated heterocycles. The molecule has 166 valence electrons. The number of carbonyl (C=O) groups is 1. The highest BCUT2D eigenvalue weighted by Gasteiger charge is 2.48. The van der Waals surface area contributed by atoms with Gasteiger partial charge in [-0.05, 0) is 55.2 Å². The second-order valence-corrected chi connectivity index (χ2v) is 8.94. The number of rotatable bonds is 2. The summed E-state index contributed by atoms with van der Waals surface area (Å²) in [5.41, 5.74) is 4.01. The Labute approximate surface area is 189 Å². The van der Waals surface area contributed by atoms with E-state index in [1.165, 1.54) is 0 Å². The van der Waals surface area contributed by atoms with E-state index in [4.69, 9.17) is 4.74 Å². The number of ether oxygens (including phenoxy) is 1. The van der Waals surface area contributed by atoms with Crippen LogP contribution in [0, 0.1) is 23.7 Å². The highest BCUT2D eigenvalue weighted by Crippen LogP contribution is 2.49. The molecular formula is C26H29N3O3. The Morgan fingerprint density at radius 2 is 2.00 bits per heavy atom. The molecule has 1 amide bonds. The zero-order valence-electron chi connectivity index (χ0n) is 18.4. The van der Waals surface area contributed by atoms with E-state index in [1.807, 2.05) is 25.2 Å². The monoisotopic (exact) mass is 431 g/mol. The Balaban J connectivity index is 1.51. The fourth-order valence-corrected chi connectivity index (χ4v) is 5.54. The summed E-state index contributed by atoms with van der Waals surface area (Å²) in [5, 5.41) is 10.2. The van der Waals surface area contributed by atoms with Gasteiger partial charge in [0.25, 0.3) is 0 Å². The predicted octanol–water partition coefficient (Wildman–Crippen LogP) is 2.61. The van der Waals surface area contributed by atoms with Crippen LogP contribution in [0.4, 0.5) is 5.69 Å². The van der Waals surface area contributed by atoms with Crippen LogP contribution in [0.25, 0.3) is 0 Å². The number of amides is 1. The average molecular weight is 432 g/mol. The fraction of sp³-hybridized carbons (Fsp3) is 0.462. The van der Waals surface area contributed by atoms with Crippen molar-refractivity contribution >= 4 is 11.6 Å². The van der Waals surface area contributed by atoms with Gasteiger partial charge in [0.05, 0.1) is 18.7 Å². The van der Waals surface area contributed by atoms with Gasteiger partial charge in [0.1, 0.15) is 0 Å². The van der Waals surface area contributed by atoms with E-state index in [0.717, 1.165) is 48.2 Å². The molecule has 3 atom stereocenters. The summed E-state index contributed by atoms with van der Waals surface area (Å²) >= 11 is 0. The third-order valence-corrected chi connectivity index (χ3v) is 7.22. The molecule has 0 unspecified atom stereocenters. The molecule has 2 aromatic rings. The van der Waals surface area contributed by atoms with Crippen molar-refractivity contribution in [2.45, 2.75) is 31.3 Å². The minimum Gasteiger partial charge on any atom is -0.394 e. The van der Waals surface area contributed by atoms with Gasteiger partial charge in [-0.1, -0.05) is 11.8 Å². The third-order valence-electron chi connectivity index (χ3n) is 7.22. The first kappa shape index (κ1) is 21.0. The first-order valence-corrected chi connectivity index (χ1v) is 11.5. The van der Waals surface area contributed by atoms with Crippen LogP contribution in [0.5, 0.6) is 0 Å². The molecule has 4 heterocycles. The first-order valence-electron chi connectivity index (χ1n) is 11.5. The summed E-state index contributed by atoms with van der Waals surface area (Å²) in [7, 11) is 2.04. The maximum Gasteiger partial charge on any atom is 0.226 e. The van der Waals surface area contributed by atoms with Crippen LogP contribution in [-0.2, 0) is 9.53 Å². The smallest absolute Gasteiger partial charge is 0.226 e. The van der Waals surface area contributed by atoms with Crippen LogP contribution in [0.3, 0.4) is 0 Å². The molecule has 32 heavy (non-hydrogen) atoms. The molecule has 0 spiro atoms. The number of aromatic nitrogens is 1. The van der Waals surface area contributed by atoms with Crippen molar-refractivity contribution in [3.63, 3.8) is 0 Å². The molecule has 0 saturated carbocycles. The molecule has 0 aliphatic carbocycles. The second-order valence-electron chi connectivity index (χ2n) is 8.94. The Hall–Kier alpha value is -2.88. The van der Waals surface area contributed by atoms with Crippen molar-refractivity contribution in [3.8, 4) is 11.8 Å². The number of hydrogen-bond donors (Lipinski definition) is 1. The van der Waals surface area contributed by atoms with E-state index >= 15 is 0 Å². The van der Waals surface area contributed by atoms with E-state index in [-0.39, 0.29) is 36.4 Å². The molecule has 0 radical (unpaired) electrons. The van der Waals surface area contributed by atoms with E-state index in [0.29, 0.717) is 13.2 Å². The van der Waals surface area contributed by atoms with E-state index in [1.54, 1.807) is 12.4 Å². The van der Waals surface area contributed by atoms with Crippen LogP contribution in [0.15, 0.2) is 42.7 Å². The Morgan fingerprint density at radius 3 is 2.75 bits per heavy atom. The summed E-state index contributed by atoms with van der Waals surface area (Å²) in [4.78, 5) is 21.9. The number of aliphatic hydroxyl groups is 1. The fourth-order valence-electron chi connectivity index (χ4n) is 5.54. The highest BCUT2D eigenvalue weighted by molar-refractivity contribution is 5.80. The Morgan fingerprint density at radius 1 is 1.19 bits per heavy atom. The molecule has 3 aliphatic heterocycles. The van der Waals surface area contributed by atoms with Crippen molar-refractivity contribution in [2.75, 3.05) is 38.3 Å². The minimum atomic E-state index is -0.0196. The summed E-state index contributed by atoms with van der Waals surface area (Å²) in [5.74, 6) is 6.93. The van der Waals surface area contributed by atoms with E-state index in [9.17, 15) is 9.90 Å². The number of nitrogens with zero attached hydrogens (tertiary/aromatic N) is 3. The lowest BCUT2D eigenvalue weighted by Gasteiger charge is -2.45. The summed E-state index contributed by atoms with van der Waals surface area (Å²) in [6.45, 7) is 2.13. The molecular weight excluding hydrogens is 402 g/mol. The number of hydrogen-bond acceptors (Lipinski definition) is 5. The molecule has 6 heteroatoms. The summed E-state index contributed by atoms with van der Waals surface area (Å²) in [6, 6.07) is 10.0. The van der Waals surface area contributed by atoms with Crippen molar-refractivity contribution in [3.05, 3.63) is 59.4 Å². The molecule has 1 N–H and O–H groups in total. The van der Waals surface area contributed by atoms with Gasteiger partial charge >= 0.3 is 0 Å². The molecule has 6 nitrogen and oxygen atoms in total. The van der Waals surface area contributed by atoms with Gasteiger partial charge in [-0.25, -0.2) is 0 Å². The maximum atomic E-state index is 13.5. The second kappa shape index (κ2) is 8.93. The van der Waals surface area contributed by atoms with Gasteiger partial charge in [-0.2, -0.15) is 0 Å². The lowest BCUT2D eigenvalue weighted by molar-refractivity contribution is -0.140. The van der Waals surface area contributed by atoms with Crippen LogP contribution < -0.4 is 4.90 Å². The number of carbonyl (C=O) groups excluding carboxylic acids is 1. The lowest BCUT2D eigenvalue weighted by atomic mass is 9.81. The van der Waals surface area contributed by atoms with Crippen molar-refractivity contribution in [2.24, 2.45) is 11.8 Å². The van der Waals surface area contributed by atoms with Gasteiger partial charge in [0.15, 0.2) is 0 Å². The van der Waals surface area contributed by atoms with Crippen molar-refractivity contribution < 1.29 is 14.6 Å². The van der Waals surface area contributed by atoms with E-state index in [2.05, 4.69) is 38.8 Å². The van der Waals surface area contributed by atoms with Crippen molar-refractivity contribution in [1.29, 1.82) is 0 Å². The van der Waals surface area contributed by atoms with Crippen LogP contribution in [0.2, 0.25) is 0 Å². The quantitative estimate of drug-likeness (QED) is 0.741. The first-order chi connectivity index (χ1) is 15.7. The van der Waals surface area contributed by atoms with Gasteiger partial charge in [-0.3, -0.25) is 9.78 Å². The summed E-state index contributed by atoms with van der Waals surface area (Å²) in [6.07, 6.45) is 5.98. The topological polar surface area (TPSA) is 65.9 Å². The zero-order chi connectivity index (χ0) is 22.1.